The van der Waals surface area contributed by atoms with Gasteiger partial charge in [0.15, 0.2) is 0 Å². The first kappa shape index (κ1) is 13.5. The average molecular weight is 342 g/mol. The van der Waals surface area contributed by atoms with E-state index in [0.29, 0.717) is 6.04 Å². The third-order valence-corrected chi connectivity index (χ3v) is 5.79. The van der Waals surface area contributed by atoms with Gasteiger partial charge in [-0.1, -0.05) is 52.3 Å². The van der Waals surface area contributed by atoms with Crippen LogP contribution in [0.4, 0.5) is 0 Å². The Morgan fingerprint density at radius 3 is 2.86 bits per heavy atom. The molecule has 0 radical (unpaired) electrons. The van der Waals surface area contributed by atoms with Gasteiger partial charge in [-0.3, -0.25) is 0 Å². The van der Waals surface area contributed by atoms with Crippen LogP contribution in [0.25, 0.3) is 0 Å². The first-order valence-corrected chi connectivity index (χ1v) is 8.63. The summed E-state index contributed by atoms with van der Waals surface area (Å²) in [7, 11) is 0. The second-order valence-electron chi connectivity index (χ2n) is 6.42. The van der Waals surface area contributed by atoms with Crippen LogP contribution in [0, 0.1) is 0 Å². The fourth-order valence-corrected chi connectivity index (χ4v) is 4.77. The summed E-state index contributed by atoms with van der Waals surface area (Å²) in [4.78, 5) is 0. The average Bonchev–Trinajstić information content (AvgIpc) is 2.91. The molecule has 1 N–H and O–H groups in total. The van der Waals surface area contributed by atoms with Gasteiger partial charge in [0.25, 0.3) is 0 Å². The van der Waals surface area contributed by atoms with Gasteiger partial charge in [0.05, 0.1) is 0 Å². The zero-order chi connectivity index (χ0) is 14.3. The lowest BCUT2D eigenvalue weighted by Gasteiger charge is -2.41. The van der Waals surface area contributed by atoms with E-state index in [4.69, 9.17) is 0 Å². The van der Waals surface area contributed by atoms with E-state index in [-0.39, 0.29) is 5.41 Å². The fourth-order valence-electron chi connectivity index (χ4n) is 4.36. The summed E-state index contributed by atoms with van der Waals surface area (Å²) in [5, 5.41) is 3.76. The fraction of sp³-hybridized carbons (Fsp3) is 0.368. The van der Waals surface area contributed by atoms with Crippen LogP contribution >= 0.6 is 15.9 Å². The number of hydrogen-bond acceptors (Lipinski definition) is 1. The number of aryl methyl sites for hydroxylation is 1. The minimum atomic E-state index is 0.287. The maximum Gasteiger partial charge on any atom is 0.0178 e. The van der Waals surface area contributed by atoms with Crippen molar-refractivity contribution in [3.8, 4) is 0 Å². The molecule has 0 saturated carbocycles. The third kappa shape index (κ3) is 2.25. The number of halogens is 1. The van der Waals surface area contributed by atoms with Crippen LogP contribution in [0.15, 0.2) is 53.0 Å². The summed E-state index contributed by atoms with van der Waals surface area (Å²) in [6, 6.07) is 18.5. The van der Waals surface area contributed by atoms with Crippen molar-refractivity contribution in [2.45, 2.75) is 37.1 Å². The van der Waals surface area contributed by atoms with Crippen molar-refractivity contribution in [1.29, 1.82) is 0 Å². The highest BCUT2D eigenvalue weighted by Crippen LogP contribution is 2.45. The number of hydrogen-bond donors (Lipinski definition) is 1. The molecule has 4 rings (SSSR count). The minimum absolute atomic E-state index is 0.287. The Morgan fingerprint density at radius 2 is 2.00 bits per heavy atom. The van der Waals surface area contributed by atoms with Crippen molar-refractivity contribution < 1.29 is 0 Å². The molecule has 0 spiro atoms. The Morgan fingerprint density at radius 1 is 1.14 bits per heavy atom. The van der Waals surface area contributed by atoms with Crippen LogP contribution in [0.1, 0.15) is 29.5 Å². The molecule has 0 unspecified atom stereocenters. The van der Waals surface area contributed by atoms with Crippen LogP contribution in [0.3, 0.4) is 0 Å². The second kappa shape index (κ2) is 5.26. The maximum absolute atomic E-state index is 3.76. The largest absolute Gasteiger partial charge is 0.313 e. The lowest BCUT2D eigenvalue weighted by atomic mass is 9.64. The molecular formula is C19H20BrN. The number of nitrogens with one attached hydrogen (secondary N) is 1. The van der Waals surface area contributed by atoms with Crippen LogP contribution in [0.2, 0.25) is 0 Å². The molecule has 0 aromatic heterocycles. The third-order valence-electron chi connectivity index (χ3n) is 5.30. The van der Waals surface area contributed by atoms with Crippen molar-refractivity contribution in [3.63, 3.8) is 0 Å². The van der Waals surface area contributed by atoms with Gasteiger partial charge in [-0.15, -0.1) is 0 Å². The van der Waals surface area contributed by atoms with E-state index in [1.165, 1.54) is 29.3 Å². The summed E-state index contributed by atoms with van der Waals surface area (Å²) < 4.78 is 1.21. The molecule has 2 aromatic rings. The van der Waals surface area contributed by atoms with Crippen molar-refractivity contribution in [3.05, 3.63) is 69.7 Å². The van der Waals surface area contributed by atoms with E-state index in [1.807, 2.05) is 0 Å². The van der Waals surface area contributed by atoms with Gasteiger partial charge in [-0.25, -0.2) is 0 Å². The molecule has 2 heteroatoms. The summed E-state index contributed by atoms with van der Waals surface area (Å²) in [5.74, 6) is 0. The molecule has 2 atom stereocenters. The molecule has 1 heterocycles. The van der Waals surface area contributed by atoms with Crippen molar-refractivity contribution >= 4 is 15.9 Å². The predicted molar refractivity (Wildman–Crippen MR) is 90.7 cm³/mol. The number of fused-ring (bicyclic) bond motifs is 3. The van der Waals surface area contributed by atoms with E-state index < -0.39 is 0 Å². The lowest BCUT2D eigenvalue weighted by Crippen LogP contribution is -2.45. The van der Waals surface area contributed by atoms with Crippen molar-refractivity contribution in [2.24, 2.45) is 0 Å². The molecule has 21 heavy (non-hydrogen) atoms. The minimum Gasteiger partial charge on any atom is -0.313 e. The quantitative estimate of drug-likeness (QED) is 0.861. The molecule has 2 aliphatic rings. The smallest absolute Gasteiger partial charge is 0.0178 e. The summed E-state index contributed by atoms with van der Waals surface area (Å²) >= 11 is 3.63. The molecule has 0 bridgehead atoms. The lowest BCUT2D eigenvalue weighted by molar-refractivity contribution is 0.326. The monoisotopic (exact) mass is 341 g/mol. The van der Waals surface area contributed by atoms with E-state index in [1.54, 1.807) is 11.1 Å². The summed E-state index contributed by atoms with van der Waals surface area (Å²) in [6.45, 7) is 1.15. The highest BCUT2D eigenvalue weighted by molar-refractivity contribution is 9.10. The molecule has 1 nitrogen and oxygen atoms in total. The zero-order valence-corrected chi connectivity index (χ0v) is 13.7. The van der Waals surface area contributed by atoms with Crippen LogP contribution in [0.5, 0.6) is 0 Å². The van der Waals surface area contributed by atoms with E-state index >= 15 is 0 Å². The van der Waals surface area contributed by atoms with Crippen LogP contribution < -0.4 is 5.32 Å². The van der Waals surface area contributed by atoms with Gasteiger partial charge >= 0.3 is 0 Å². The molecule has 0 amide bonds. The molecular weight excluding hydrogens is 322 g/mol. The number of rotatable bonds is 2. The molecule has 1 aliphatic heterocycles. The Labute approximate surface area is 134 Å². The highest BCUT2D eigenvalue weighted by atomic mass is 79.9. The van der Waals surface area contributed by atoms with E-state index in [2.05, 4.69) is 69.8 Å². The summed E-state index contributed by atoms with van der Waals surface area (Å²) in [6.07, 6.45) is 4.86. The van der Waals surface area contributed by atoms with Gasteiger partial charge in [-0.2, -0.15) is 0 Å². The van der Waals surface area contributed by atoms with Gasteiger partial charge in [0.1, 0.15) is 0 Å². The normalized spacial score (nSPS) is 27.2. The Bertz CT molecular complexity index is 652. The van der Waals surface area contributed by atoms with Gasteiger partial charge in [0, 0.05) is 15.9 Å². The summed E-state index contributed by atoms with van der Waals surface area (Å²) in [5.41, 5.74) is 4.87. The number of benzene rings is 2. The predicted octanol–water partition coefficient (Wildman–Crippen LogP) is 4.24. The zero-order valence-electron chi connectivity index (χ0n) is 12.1. The van der Waals surface area contributed by atoms with Crippen molar-refractivity contribution in [1.82, 2.24) is 5.32 Å². The van der Waals surface area contributed by atoms with Gasteiger partial charge in [-0.05, 0) is 61.1 Å². The first-order chi connectivity index (χ1) is 10.3. The first-order valence-electron chi connectivity index (χ1n) is 7.84. The van der Waals surface area contributed by atoms with Crippen LogP contribution in [-0.4, -0.2) is 12.6 Å². The maximum atomic E-state index is 3.76. The second-order valence-corrected chi connectivity index (χ2v) is 7.33. The molecule has 108 valence electrons. The van der Waals surface area contributed by atoms with E-state index in [9.17, 15) is 0 Å². The highest BCUT2D eigenvalue weighted by Gasteiger charge is 2.47. The Balaban J connectivity index is 1.81. The van der Waals surface area contributed by atoms with E-state index in [0.717, 1.165) is 13.0 Å². The Kier molecular flexibility index (Phi) is 3.39. The van der Waals surface area contributed by atoms with Gasteiger partial charge in [0.2, 0.25) is 0 Å². The molecule has 1 fully saturated rings. The SMILES string of the molecule is Brc1ccc2c(c1)CC[C@H]1NCC[C@@]21Cc1ccccc1. The van der Waals surface area contributed by atoms with Crippen LogP contribution in [-0.2, 0) is 18.3 Å². The van der Waals surface area contributed by atoms with Gasteiger partial charge < -0.3 is 5.32 Å². The topological polar surface area (TPSA) is 12.0 Å². The Hall–Kier alpha value is -1.12. The molecule has 1 saturated heterocycles. The van der Waals surface area contributed by atoms with Crippen molar-refractivity contribution in [2.75, 3.05) is 6.54 Å². The molecule has 2 aromatic carbocycles. The standard InChI is InChI=1S/C19H20BrN/c20-16-7-8-17-15(12-16)6-9-18-19(17,10-11-21-18)13-14-4-2-1-3-5-14/h1-5,7-8,12,18,21H,6,9-11,13H2/t18-,19-/m1/s1. The molecule has 1 aliphatic carbocycles.